The van der Waals surface area contributed by atoms with E-state index in [4.69, 9.17) is 15.0 Å². The number of aromatic nitrogens is 2. The molecule has 0 radical (unpaired) electrons. The number of hydrogen-bond acceptors (Lipinski definition) is 5. The van der Waals surface area contributed by atoms with Gasteiger partial charge in [-0.3, -0.25) is 0 Å². The number of unbranched alkanes of at least 4 members (excludes halogenated alkanes) is 1. The van der Waals surface area contributed by atoms with E-state index in [1.165, 1.54) is 0 Å². The predicted octanol–water partition coefficient (Wildman–Crippen LogP) is 1.84. The molecule has 0 amide bonds. The summed E-state index contributed by atoms with van der Waals surface area (Å²) in [7, 11) is 1.68. The molecular weight excluding hydrogens is 206 g/mol. The van der Waals surface area contributed by atoms with Crippen molar-refractivity contribution in [3.63, 3.8) is 0 Å². The average molecular weight is 227 g/mol. The minimum absolute atomic E-state index is 0.122. The van der Waals surface area contributed by atoms with Crippen LogP contribution in [-0.4, -0.2) is 23.9 Å². The Hall–Kier alpha value is -0.940. The molecule has 1 aromatic rings. The summed E-state index contributed by atoms with van der Waals surface area (Å²) < 4.78 is 10.1. The lowest BCUT2D eigenvalue weighted by atomic mass is 10.1. The van der Waals surface area contributed by atoms with Crippen molar-refractivity contribution in [1.29, 1.82) is 0 Å². The van der Waals surface area contributed by atoms with Gasteiger partial charge in [0.1, 0.15) is 0 Å². The topological polar surface area (TPSA) is 74.2 Å². The average Bonchev–Trinajstić information content (AvgIpc) is 2.75. The second kappa shape index (κ2) is 7.35. The maximum atomic E-state index is 5.93. The van der Waals surface area contributed by atoms with Crippen LogP contribution in [0.2, 0.25) is 0 Å². The first kappa shape index (κ1) is 13.1. The Labute approximate surface area is 96.4 Å². The van der Waals surface area contributed by atoms with Crippen LogP contribution in [0.5, 0.6) is 0 Å². The van der Waals surface area contributed by atoms with Gasteiger partial charge >= 0.3 is 0 Å². The van der Waals surface area contributed by atoms with Gasteiger partial charge in [0.05, 0.1) is 6.04 Å². The molecule has 92 valence electrons. The third-order valence-electron chi connectivity index (χ3n) is 2.42. The van der Waals surface area contributed by atoms with E-state index < -0.39 is 0 Å². The Morgan fingerprint density at radius 1 is 1.44 bits per heavy atom. The number of nitrogens with zero attached hydrogens (tertiary/aromatic N) is 2. The number of rotatable bonds is 8. The second-order valence-corrected chi connectivity index (χ2v) is 3.89. The zero-order valence-electron chi connectivity index (χ0n) is 10.1. The van der Waals surface area contributed by atoms with Crippen LogP contribution in [0.1, 0.15) is 50.4 Å². The Bertz CT molecular complexity index is 289. The highest BCUT2D eigenvalue weighted by Crippen LogP contribution is 2.14. The van der Waals surface area contributed by atoms with Gasteiger partial charge < -0.3 is 15.0 Å². The normalized spacial score (nSPS) is 12.9. The summed E-state index contributed by atoms with van der Waals surface area (Å²) in [5, 5.41) is 3.90. The van der Waals surface area contributed by atoms with E-state index in [1.807, 2.05) is 0 Å². The Morgan fingerprint density at radius 3 is 2.94 bits per heavy atom. The van der Waals surface area contributed by atoms with Crippen LogP contribution >= 0.6 is 0 Å². The van der Waals surface area contributed by atoms with Gasteiger partial charge in [0, 0.05) is 20.1 Å². The third kappa shape index (κ3) is 4.28. The van der Waals surface area contributed by atoms with E-state index in [0.717, 1.165) is 37.9 Å². The molecule has 1 heterocycles. The fraction of sp³-hybridized carbons (Fsp3) is 0.818. The van der Waals surface area contributed by atoms with Gasteiger partial charge in [-0.25, -0.2) is 0 Å². The lowest BCUT2D eigenvalue weighted by Crippen LogP contribution is -2.10. The van der Waals surface area contributed by atoms with Crippen molar-refractivity contribution in [2.24, 2.45) is 5.73 Å². The predicted molar refractivity (Wildman–Crippen MR) is 60.9 cm³/mol. The third-order valence-corrected chi connectivity index (χ3v) is 2.42. The molecule has 16 heavy (non-hydrogen) atoms. The zero-order valence-corrected chi connectivity index (χ0v) is 10.1. The van der Waals surface area contributed by atoms with Crippen molar-refractivity contribution in [1.82, 2.24) is 10.1 Å². The Kier molecular flexibility index (Phi) is 6.03. The molecule has 5 nitrogen and oxygen atoms in total. The van der Waals surface area contributed by atoms with Gasteiger partial charge in [0.15, 0.2) is 5.82 Å². The molecule has 2 N–H and O–H groups in total. The van der Waals surface area contributed by atoms with E-state index in [2.05, 4.69) is 17.1 Å². The summed E-state index contributed by atoms with van der Waals surface area (Å²) in [6.07, 6.45) is 4.79. The van der Waals surface area contributed by atoms with Crippen molar-refractivity contribution >= 4 is 0 Å². The highest BCUT2D eigenvalue weighted by atomic mass is 16.5. The van der Waals surface area contributed by atoms with E-state index in [-0.39, 0.29) is 6.04 Å². The summed E-state index contributed by atoms with van der Waals surface area (Å²) in [5.74, 6) is 1.28. The molecule has 1 aromatic heterocycles. The molecule has 0 aromatic carbocycles. The highest BCUT2D eigenvalue weighted by molar-refractivity contribution is 4.91. The van der Waals surface area contributed by atoms with Crippen molar-refractivity contribution in [2.75, 3.05) is 13.7 Å². The van der Waals surface area contributed by atoms with Crippen LogP contribution in [0.4, 0.5) is 0 Å². The van der Waals surface area contributed by atoms with Crippen LogP contribution in [0.15, 0.2) is 4.52 Å². The minimum atomic E-state index is -0.122. The number of hydrogen-bond donors (Lipinski definition) is 1. The lowest BCUT2D eigenvalue weighted by Gasteiger charge is -2.03. The van der Waals surface area contributed by atoms with Gasteiger partial charge in [-0.1, -0.05) is 24.9 Å². The second-order valence-electron chi connectivity index (χ2n) is 3.89. The molecule has 0 aliphatic carbocycles. The lowest BCUT2D eigenvalue weighted by molar-refractivity contribution is 0.194. The highest BCUT2D eigenvalue weighted by Gasteiger charge is 2.13. The summed E-state index contributed by atoms with van der Waals surface area (Å²) in [5.41, 5.74) is 5.93. The Balaban J connectivity index is 2.37. The quantitative estimate of drug-likeness (QED) is 0.686. The molecule has 0 saturated heterocycles. The zero-order chi connectivity index (χ0) is 11.8. The van der Waals surface area contributed by atoms with Crippen LogP contribution in [-0.2, 0) is 11.2 Å². The summed E-state index contributed by atoms with van der Waals surface area (Å²) in [6.45, 7) is 2.85. The first-order chi connectivity index (χ1) is 7.77. The van der Waals surface area contributed by atoms with Gasteiger partial charge in [-0.15, -0.1) is 0 Å². The summed E-state index contributed by atoms with van der Waals surface area (Å²) >= 11 is 0. The number of methoxy groups -OCH3 is 1. The molecular formula is C11H21N3O2. The van der Waals surface area contributed by atoms with Gasteiger partial charge in [0.2, 0.25) is 5.89 Å². The summed E-state index contributed by atoms with van der Waals surface area (Å²) in [6, 6.07) is -0.122. The van der Waals surface area contributed by atoms with Gasteiger partial charge in [-0.05, 0) is 12.8 Å². The number of aryl methyl sites for hydroxylation is 1. The fourth-order valence-corrected chi connectivity index (χ4v) is 1.44. The Morgan fingerprint density at radius 2 is 2.25 bits per heavy atom. The molecule has 0 fully saturated rings. The standard InChI is InChI=1S/C11H21N3O2/c1-3-4-6-9(12)11-13-10(14-16-11)7-5-8-15-2/h9H,3-8,12H2,1-2H3/t9-/m0/s1. The number of nitrogens with two attached hydrogens (primary N) is 1. The van der Waals surface area contributed by atoms with E-state index in [9.17, 15) is 0 Å². The van der Waals surface area contributed by atoms with Crippen LogP contribution in [0.3, 0.4) is 0 Å². The fourth-order valence-electron chi connectivity index (χ4n) is 1.44. The smallest absolute Gasteiger partial charge is 0.243 e. The van der Waals surface area contributed by atoms with Crippen LogP contribution in [0.25, 0.3) is 0 Å². The van der Waals surface area contributed by atoms with Gasteiger partial charge in [-0.2, -0.15) is 4.98 Å². The van der Waals surface area contributed by atoms with Gasteiger partial charge in [0.25, 0.3) is 0 Å². The van der Waals surface area contributed by atoms with Crippen molar-refractivity contribution in [2.45, 2.75) is 45.1 Å². The molecule has 0 unspecified atom stereocenters. The first-order valence-electron chi connectivity index (χ1n) is 5.85. The minimum Gasteiger partial charge on any atom is -0.385 e. The van der Waals surface area contributed by atoms with Crippen molar-refractivity contribution < 1.29 is 9.26 Å². The van der Waals surface area contributed by atoms with Crippen LogP contribution < -0.4 is 5.73 Å². The van der Waals surface area contributed by atoms with E-state index in [1.54, 1.807) is 7.11 Å². The number of ether oxygens (including phenoxy) is 1. The van der Waals surface area contributed by atoms with Crippen molar-refractivity contribution in [3.8, 4) is 0 Å². The molecule has 0 aliphatic heterocycles. The van der Waals surface area contributed by atoms with E-state index in [0.29, 0.717) is 12.5 Å². The van der Waals surface area contributed by atoms with Crippen molar-refractivity contribution in [3.05, 3.63) is 11.7 Å². The maximum absolute atomic E-state index is 5.93. The molecule has 0 saturated carbocycles. The maximum Gasteiger partial charge on any atom is 0.243 e. The van der Waals surface area contributed by atoms with E-state index >= 15 is 0 Å². The molecule has 0 bridgehead atoms. The molecule has 0 aliphatic rings. The molecule has 1 atom stereocenters. The monoisotopic (exact) mass is 227 g/mol. The molecule has 1 rings (SSSR count). The SMILES string of the molecule is CCCC[C@H](N)c1nc(CCCOC)no1. The molecule has 0 spiro atoms. The first-order valence-corrected chi connectivity index (χ1v) is 5.85. The summed E-state index contributed by atoms with van der Waals surface area (Å²) in [4.78, 5) is 4.28. The molecule has 5 heteroatoms. The van der Waals surface area contributed by atoms with Crippen LogP contribution in [0, 0.1) is 0 Å². The largest absolute Gasteiger partial charge is 0.385 e.